The first-order valence-electron chi connectivity index (χ1n) is 4.71. The van der Waals surface area contributed by atoms with Crippen molar-refractivity contribution in [1.82, 2.24) is 0 Å². The molecular formula is C9H16O5. The molecule has 1 N–H and O–H groups in total. The number of ether oxygens (including phenoxy) is 4. The predicted octanol–water partition coefficient (Wildman–Crippen LogP) is -0.130. The van der Waals surface area contributed by atoms with Crippen molar-refractivity contribution in [2.75, 3.05) is 13.7 Å². The third kappa shape index (κ3) is 1.66. The molecule has 0 bridgehead atoms. The molecule has 0 radical (unpaired) electrons. The van der Waals surface area contributed by atoms with Crippen molar-refractivity contribution in [3.63, 3.8) is 0 Å². The lowest BCUT2D eigenvalue weighted by Gasteiger charge is -2.22. The van der Waals surface area contributed by atoms with Crippen LogP contribution in [0.25, 0.3) is 0 Å². The molecule has 0 aromatic carbocycles. The lowest BCUT2D eigenvalue weighted by atomic mass is 10.1. The molecule has 0 saturated carbocycles. The van der Waals surface area contributed by atoms with Gasteiger partial charge in [0.2, 0.25) is 0 Å². The van der Waals surface area contributed by atoms with E-state index in [-0.39, 0.29) is 6.10 Å². The Balaban J connectivity index is 2.00. The largest absolute Gasteiger partial charge is 0.387 e. The average molecular weight is 204 g/mol. The maximum absolute atomic E-state index is 9.81. The zero-order valence-electron chi connectivity index (χ0n) is 8.60. The quantitative estimate of drug-likeness (QED) is 0.679. The molecule has 0 aliphatic carbocycles. The normalized spacial score (nSPS) is 45.4. The molecule has 2 fully saturated rings. The first kappa shape index (κ1) is 10.3. The van der Waals surface area contributed by atoms with E-state index in [1.807, 2.05) is 0 Å². The summed E-state index contributed by atoms with van der Waals surface area (Å²) in [5.74, 6) is -0.672. The highest BCUT2D eigenvalue weighted by Gasteiger charge is 2.54. The summed E-state index contributed by atoms with van der Waals surface area (Å²) in [5, 5.41) is 9.81. The van der Waals surface area contributed by atoms with Gasteiger partial charge >= 0.3 is 0 Å². The van der Waals surface area contributed by atoms with Crippen LogP contribution in [-0.2, 0) is 18.9 Å². The van der Waals surface area contributed by atoms with E-state index in [0.29, 0.717) is 6.61 Å². The van der Waals surface area contributed by atoms with Gasteiger partial charge in [0.1, 0.15) is 18.3 Å². The molecule has 2 rings (SSSR count). The molecule has 2 saturated heterocycles. The molecular weight excluding hydrogens is 188 g/mol. The van der Waals surface area contributed by atoms with Crippen molar-refractivity contribution in [2.24, 2.45) is 0 Å². The lowest BCUT2D eigenvalue weighted by molar-refractivity contribution is -0.219. The Kier molecular flexibility index (Phi) is 2.53. The topological polar surface area (TPSA) is 57.2 Å². The van der Waals surface area contributed by atoms with Gasteiger partial charge in [-0.15, -0.1) is 0 Å². The van der Waals surface area contributed by atoms with Crippen LogP contribution in [0.4, 0.5) is 0 Å². The highest BCUT2D eigenvalue weighted by atomic mass is 16.8. The van der Waals surface area contributed by atoms with Crippen molar-refractivity contribution in [1.29, 1.82) is 0 Å². The number of hydrogen-bond donors (Lipinski definition) is 1. The molecule has 14 heavy (non-hydrogen) atoms. The Morgan fingerprint density at radius 3 is 2.64 bits per heavy atom. The number of rotatable bonds is 2. The maximum Gasteiger partial charge on any atom is 0.190 e. The Bertz CT molecular complexity index is 217. The summed E-state index contributed by atoms with van der Waals surface area (Å²) in [4.78, 5) is 0. The maximum atomic E-state index is 9.81. The zero-order chi connectivity index (χ0) is 10.3. The van der Waals surface area contributed by atoms with Crippen molar-refractivity contribution in [3.8, 4) is 0 Å². The van der Waals surface area contributed by atoms with Crippen LogP contribution < -0.4 is 0 Å². The summed E-state index contributed by atoms with van der Waals surface area (Å²) in [5.41, 5.74) is 0. The van der Waals surface area contributed by atoms with Gasteiger partial charge in [-0.25, -0.2) is 0 Å². The molecule has 0 unspecified atom stereocenters. The van der Waals surface area contributed by atoms with Gasteiger partial charge in [0.25, 0.3) is 0 Å². The van der Waals surface area contributed by atoms with Gasteiger partial charge in [0, 0.05) is 7.11 Å². The number of hydrogen-bond acceptors (Lipinski definition) is 5. The summed E-state index contributed by atoms with van der Waals surface area (Å²) >= 11 is 0. The Hall–Kier alpha value is -0.200. The van der Waals surface area contributed by atoms with E-state index in [9.17, 15) is 5.11 Å². The predicted molar refractivity (Wildman–Crippen MR) is 46.6 cm³/mol. The van der Waals surface area contributed by atoms with Gasteiger partial charge in [0.15, 0.2) is 12.1 Å². The fraction of sp³-hybridized carbons (Fsp3) is 1.00. The second-order valence-electron chi connectivity index (χ2n) is 4.09. The molecule has 5 nitrogen and oxygen atoms in total. The Morgan fingerprint density at radius 2 is 2.07 bits per heavy atom. The minimum atomic E-state index is -0.679. The number of fused-ring (bicyclic) bond motifs is 1. The van der Waals surface area contributed by atoms with Gasteiger partial charge in [-0.2, -0.15) is 0 Å². The zero-order valence-corrected chi connectivity index (χ0v) is 8.60. The SMILES string of the molecule is COC[C@H]1O[C@@H]2OC(C)(C)O[C@@H]2[C@H]1O. The van der Waals surface area contributed by atoms with Crippen LogP contribution in [0.2, 0.25) is 0 Å². The van der Waals surface area contributed by atoms with Crippen molar-refractivity contribution in [2.45, 2.75) is 44.2 Å². The average Bonchev–Trinajstić information content (AvgIpc) is 2.50. The highest BCUT2D eigenvalue weighted by Crippen LogP contribution is 2.37. The fourth-order valence-corrected chi connectivity index (χ4v) is 1.86. The summed E-state index contributed by atoms with van der Waals surface area (Å²) in [6, 6.07) is 0. The number of methoxy groups -OCH3 is 1. The van der Waals surface area contributed by atoms with Crippen LogP contribution in [0.1, 0.15) is 13.8 Å². The van der Waals surface area contributed by atoms with Crippen LogP contribution in [0.3, 0.4) is 0 Å². The van der Waals surface area contributed by atoms with Gasteiger partial charge < -0.3 is 24.1 Å². The highest BCUT2D eigenvalue weighted by molar-refractivity contribution is 4.92. The second-order valence-corrected chi connectivity index (χ2v) is 4.09. The Labute approximate surface area is 82.9 Å². The van der Waals surface area contributed by atoms with E-state index >= 15 is 0 Å². The number of aliphatic hydroxyl groups excluding tert-OH is 1. The van der Waals surface area contributed by atoms with E-state index in [0.717, 1.165) is 0 Å². The van der Waals surface area contributed by atoms with Crippen LogP contribution >= 0.6 is 0 Å². The molecule has 0 aromatic rings. The van der Waals surface area contributed by atoms with Crippen molar-refractivity contribution in [3.05, 3.63) is 0 Å². The minimum Gasteiger partial charge on any atom is -0.387 e. The second kappa shape index (κ2) is 3.43. The van der Waals surface area contributed by atoms with Crippen LogP contribution in [0.5, 0.6) is 0 Å². The van der Waals surface area contributed by atoms with Crippen LogP contribution in [0, 0.1) is 0 Å². The fourth-order valence-electron chi connectivity index (χ4n) is 1.86. The van der Waals surface area contributed by atoms with Gasteiger partial charge in [-0.3, -0.25) is 0 Å². The standard InChI is InChI=1S/C9H16O5/c1-9(2)13-7-6(10)5(4-11-3)12-8(7)14-9/h5-8,10H,4H2,1-3H3/t5-,6+,7-,8-/m1/s1. The van der Waals surface area contributed by atoms with Gasteiger partial charge in [-0.05, 0) is 13.8 Å². The van der Waals surface area contributed by atoms with Gasteiger partial charge in [0.05, 0.1) is 6.61 Å². The smallest absolute Gasteiger partial charge is 0.190 e. The van der Waals surface area contributed by atoms with E-state index in [1.54, 1.807) is 21.0 Å². The Morgan fingerprint density at radius 1 is 1.36 bits per heavy atom. The lowest BCUT2D eigenvalue weighted by Crippen LogP contribution is -2.36. The van der Waals surface area contributed by atoms with Gasteiger partial charge in [-0.1, -0.05) is 0 Å². The van der Waals surface area contributed by atoms with E-state index < -0.39 is 24.3 Å². The molecule has 0 aromatic heterocycles. The molecule has 2 aliphatic heterocycles. The van der Waals surface area contributed by atoms with Crippen LogP contribution in [0.15, 0.2) is 0 Å². The molecule has 2 heterocycles. The van der Waals surface area contributed by atoms with Crippen molar-refractivity contribution < 1.29 is 24.1 Å². The molecule has 0 spiro atoms. The monoisotopic (exact) mass is 204 g/mol. The van der Waals surface area contributed by atoms with Crippen LogP contribution in [-0.4, -0.2) is 49.2 Å². The summed E-state index contributed by atoms with van der Waals surface area (Å²) in [7, 11) is 1.57. The number of aliphatic hydroxyl groups is 1. The van der Waals surface area contributed by atoms with Crippen molar-refractivity contribution >= 4 is 0 Å². The molecule has 4 atom stereocenters. The molecule has 82 valence electrons. The summed E-state index contributed by atoms with van der Waals surface area (Å²) in [6.45, 7) is 3.95. The minimum absolute atomic E-state index is 0.349. The third-order valence-corrected chi connectivity index (χ3v) is 2.45. The first-order valence-corrected chi connectivity index (χ1v) is 4.71. The van der Waals surface area contributed by atoms with E-state index in [1.165, 1.54) is 0 Å². The third-order valence-electron chi connectivity index (χ3n) is 2.45. The van der Waals surface area contributed by atoms with E-state index in [4.69, 9.17) is 18.9 Å². The van der Waals surface area contributed by atoms with E-state index in [2.05, 4.69) is 0 Å². The molecule has 5 heteroatoms. The summed E-state index contributed by atoms with van der Waals surface area (Å²) < 4.78 is 21.3. The summed E-state index contributed by atoms with van der Waals surface area (Å²) in [6.07, 6.45) is -1.90. The molecule has 2 aliphatic rings. The first-order chi connectivity index (χ1) is 6.53. The molecule has 0 amide bonds.